The molecule has 1 aliphatic carbocycles. The summed E-state index contributed by atoms with van der Waals surface area (Å²) in [4.78, 5) is 45.9. The van der Waals surface area contributed by atoms with Gasteiger partial charge in [0.15, 0.2) is 17.3 Å². The Morgan fingerprint density at radius 2 is 1.50 bits per heavy atom. The lowest BCUT2D eigenvalue weighted by atomic mass is 9.64. The number of halogens is 1. The Labute approximate surface area is 240 Å². The number of methoxy groups -OCH3 is 1. The highest BCUT2D eigenvalue weighted by Gasteiger charge is 2.71. The van der Waals surface area contributed by atoms with Gasteiger partial charge < -0.3 is 9.64 Å². The van der Waals surface area contributed by atoms with Crippen molar-refractivity contribution < 1.29 is 19.1 Å². The van der Waals surface area contributed by atoms with E-state index in [4.69, 9.17) is 4.74 Å². The minimum absolute atomic E-state index is 0.135. The van der Waals surface area contributed by atoms with Crippen LogP contribution in [0, 0.1) is 5.41 Å². The molecule has 7 rings (SSSR count). The Balaban J connectivity index is 1.54. The Morgan fingerprint density at radius 1 is 0.850 bits per heavy atom. The van der Waals surface area contributed by atoms with E-state index in [0.717, 1.165) is 21.3 Å². The molecule has 3 aliphatic rings. The number of carbonyl (C=O) groups excluding carboxylic acids is 3. The number of fused-ring (bicyclic) bond motifs is 5. The summed E-state index contributed by atoms with van der Waals surface area (Å²) in [6, 6.07) is 28.0. The minimum atomic E-state index is -1.52. The number of ketones is 3. The fourth-order valence-electron chi connectivity index (χ4n) is 6.91. The number of hydrogen-bond acceptors (Lipinski definition) is 5. The van der Waals surface area contributed by atoms with Crippen molar-refractivity contribution in [3.63, 3.8) is 0 Å². The van der Waals surface area contributed by atoms with Crippen LogP contribution in [-0.2, 0) is 0 Å². The standard InChI is InChI=1S/C34H24BrNO4/c1-40-24-15-11-20(12-16-24)29-30(31(37)21-7-3-2-4-8-21)36-27-17-14-23(35)19-22(27)13-18-28(36)34(29)32(38)25-9-5-6-10-26(25)33(34)39/h2-19,28-30H,1H3/t28-,29+,30+/m1/s1. The predicted molar refractivity (Wildman–Crippen MR) is 157 cm³/mol. The predicted octanol–water partition coefficient (Wildman–Crippen LogP) is 6.77. The zero-order valence-electron chi connectivity index (χ0n) is 21.6. The van der Waals surface area contributed by atoms with E-state index in [9.17, 15) is 14.4 Å². The number of ether oxygens (including phenoxy) is 1. The van der Waals surface area contributed by atoms with E-state index < -0.39 is 23.4 Å². The first kappa shape index (κ1) is 24.7. The summed E-state index contributed by atoms with van der Waals surface area (Å²) in [5.74, 6) is -0.705. The van der Waals surface area contributed by atoms with Crippen molar-refractivity contribution in [2.24, 2.45) is 5.41 Å². The largest absolute Gasteiger partial charge is 0.497 e. The van der Waals surface area contributed by atoms with E-state index in [0.29, 0.717) is 22.4 Å². The van der Waals surface area contributed by atoms with E-state index in [1.165, 1.54) is 0 Å². The summed E-state index contributed by atoms with van der Waals surface area (Å²) in [7, 11) is 1.59. The third-order valence-corrected chi connectivity index (χ3v) is 9.06. The highest BCUT2D eigenvalue weighted by molar-refractivity contribution is 9.10. The number of benzene rings is 4. The lowest BCUT2D eigenvalue weighted by molar-refractivity contribution is 0.0666. The fraction of sp³-hybridized carbons (Fsp3) is 0.147. The van der Waals surface area contributed by atoms with E-state index >= 15 is 0 Å². The van der Waals surface area contributed by atoms with Crippen molar-refractivity contribution >= 4 is 45.0 Å². The molecule has 196 valence electrons. The van der Waals surface area contributed by atoms with Crippen molar-refractivity contribution in [2.75, 3.05) is 12.0 Å². The SMILES string of the molecule is COc1ccc([C@H]2[C@@H](C(=O)c3ccccc3)N3c4ccc(Br)cc4C=C[C@@H]3C23C(=O)c2ccccc2C3=O)cc1. The van der Waals surface area contributed by atoms with Gasteiger partial charge in [-0.2, -0.15) is 0 Å². The second-order valence-electron chi connectivity index (χ2n) is 10.4. The first-order chi connectivity index (χ1) is 19.5. The zero-order valence-corrected chi connectivity index (χ0v) is 23.2. The summed E-state index contributed by atoms with van der Waals surface area (Å²) in [6.45, 7) is 0. The quantitative estimate of drug-likeness (QED) is 0.194. The van der Waals surface area contributed by atoms with Gasteiger partial charge in [0.25, 0.3) is 0 Å². The Morgan fingerprint density at radius 3 is 2.15 bits per heavy atom. The Kier molecular flexibility index (Phi) is 5.65. The van der Waals surface area contributed by atoms with Gasteiger partial charge in [-0.3, -0.25) is 14.4 Å². The summed E-state index contributed by atoms with van der Waals surface area (Å²) < 4.78 is 6.31. The van der Waals surface area contributed by atoms with E-state index in [2.05, 4.69) is 15.9 Å². The van der Waals surface area contributed by atoms with Crippen LogP contribution in [0.4, 0.5) is 5.69 Å². The van der Waals surface area contributed by atoms with Gasteiger partial charge in [-0.15, -0.1) is 0 Å². The van der Waals surface area contributed by atoms with Crippen LogP contribution in [-0.4, -0.2) is 36.5 Å². The van der Waals surface area contributed by atoms with Crippen LogP contribution in [0.5, 0.6) is 5.75 Å². The van der Waals surface area contributed by atoms with Crippen LogP contribution < -0.4 is 9.64 Å². The van der Waals surface area contributed by atoms with Gasteiger partial charge in [-0.25, -0.2) is 0 Å². The highest BCUT2D eigenvalue weighted by atomic mass is 79.9. The molecule has 40 heavy (non-hydrogen) atoms. The van der Waals surface area contributed by atoms with Gasteiger partial charge in [-0.1, -0.05) is 94.8 Å². The third kappa shape index (κ3) is 3.29. The number of carbonyl (C=O) groups is 3. The zero-order chi connectivity index (χ0) is 27.6. The average molecular weight is 590 g/mol. The lowest BCUT2D eigenvalue weighted by Gasteiger charge is -2.37. The van der Waals surface area contributed by atoms with Gasteiger partial charge in [-0.05, 0) is 41.5 Å². The number of anilines is 1. The summed E-state index contributed by atoms with van der Waals surface area (Å²) in [5.41, 5.74) is 2.31. The van der Waals surface area contributed by atoms with Crippen molar-refractivity contribution in [1.29, 1.82) is 0 Å². The lowest BCUT2D eigenvalue weighted by Crippen LogP contribution is -2.48. The molecule has 0 bridgehead atoms. The van der Waals surface area contributed by atoms with E-state index in [1.807, 2.05) is 77.7 Å². The molecule has 2 heterocycles. The molecular weight excluding hydrogens is 566 g/mol. The molecule has 0 amide bonds. The van der Waals surface area contributed by atoms with Crippen molar-refractivity contribution in [2.45, 2.75) is 18.0 Å². The van der Waals surface area contributed by atoms with Crippen LogP contribution in [0.25, 0.3) is 6.08 Å². The second-order valence-corrected chi connectivity index (χ2v) is 11.3. The maximum atomic E-state index is 14.6. The Hall–Kier alpha value is -4.29. The number of hydrogen-bond donors (Lipinski definition) is 0. The molecule has 0 radical (unpaired) electrons. The van der Waals surface area contributed by atoms with Gasteiger partial charge in [0.05, 0.1) is 13.2 Å². The van der Waals surface area contributed by atoms with Crippen LogP contribution in [0.15, 0.2) is 108 Å². The molecule has 0 aromatic heterocycles. The van der Waals surface area contributed by atoms with Crippen LogP contribution in [0.1, 0.15) is 48.1 Å². The molecule has 1 spiro atoms. The van der Waals surface area contributed by atoms with Gasteiger partial charge in [0.2, 0.25) is 0 Å². The molecule has 6 heteroatoms. The van der Waals surface area contributed by atoms with E-state index in [1.54, 1.807) is 43.5 Å². The van der Waals surface area contributed by atoms with Gasteiger partial charge >= 0.3 is 0 Å². The monoisotopic (exact) mass is 589 g/mol. The molecule has 1 saturated heterocycles. The highest BCUT2D eigenvalue weighted by Crippen LogP contribution is 2.61. The maximum Gasteiger partial charge on any atom is 0.185 e. The molecule has 0 saturated carbocycles. The molecule has 5 nitrogen and oxygen atoms in total. The number of Topliss-reactive ketones (excluding diaryl/α,β-unsaturated/α-hetero) is 3. The topological polar surface area (TPSA) is 63.7 Å². The second kappa shape index (κ2) is 9.14. The molecule has 4 aromatic rings. The van der Waals surface area contributed by atoms with Crippen molar-refractivity contribution in [3.8, 4) is 5.75 Å². The maximum absolute atomic E-state index is 14.6. The first-order valence-electron chi connectivity index (χ1n) is 13.1. The third-order valence-electron chi connectivity index (χ3n) is 8.57. The normalized spacial score (nSPS) is 21.8. The minimum Gasteiger partial charge on any atom is -0.497 e. The van der Waals surface area contributed by atoms with Crippen LogP contribution in [0.2, 0.25) is 0 Å². The number of rotatable bonds is 4. The fourth-order valence-corrected chi connectivity index (χ4v) is 7.28. The Bertz CT molecular complexity index is 1690. The first-order valence-corrected chi connectivity index (χ1v) is 13.9. The van der Waals surface area contributed by atoms with E-state index in [-0.39, 0.29) is 17.3 Å². The molecular formula is C34H24BrNO4. The summed E-state index contributed by atoms with van der Waals surface area (Å²) in [5, 5.41) is 0. The molecule has 0 N–H and O–H groups in total. The molecule has 4 aromatic carbocycles. The molecule has 2 aliphatic heterocycles. The van der Waals surface area contributed by atoms with Crippen LogP contribution >= 0.6 is 15.9 Å². The van der Waals surface area contributed by atoms with Crippen molar-refractivity contribution in [3.05, 3.63) is 135 Å². The molecule has 0 unspecified atom stereocenters. The van der Waals surface area contributed by atoms with Crippen LogP contribution in [0.3, 0.4) is 0 Å². The van der Waals surface area contributed by atoms with Crippen molar-refractivity contribution in [1.82, 2.24) is 0 Å². The molecule has 1 fully saturated rings. The summed E-state index contributed by atoms with van der Waals surface area (Å²) in [6.07, 6.45) is 3.90. The number of nitrogens with zero attached hydrogens (tertiary/aromatic N) is 1. The van der Waals surface area contributed by atoms with Gasteiger partial charge in [0.1, 0.15) is 17.2 Å². The summed E-state index contributed by atoms with van der Waals surface area (Å²) >= 11 is 3.56. The van der Waals surface area contributed by atoms with Gasteiger partial charge in [0, 0.05) is 32.8 Å². The molecule has 3 atom stereocenters. The smallest absolute Gasteiger partial charge is 0.185 e. The average Bonchev–Trinajstić information content (AvgIpc) is 3.43.